The molecule has 2 heterocycles. The van der Waals surface area contributed by atoms with Crippen LogP contribution in [0.1, 0.15) is 31.7 Å². The zero-order valence-corrected chi connectivity index (χ0v) is 16.2. The number of thioether (sulfide) groups is 1. The summed E-state index contributed by atoms with van der Waals surface area (Å²) in [4.78, 5) is 16.1. The molecule has 2 aliphatic rings. The fourth-order valence-corrected chi connectivity index (χ4v) is 4.29. The summed E-state index contributed by atoms with van der Waals surface area (Å²) in [5.41, 5.74) is 2.04. The van der Waals surface area contributed by atoms with Crippen molar-refractivity contribution in [2.75, 3.05) is 37.3 Å². The van der Waals surface area contributed by atoms with Gasteiger partial charge in [-0.3, -0.25) is 9.79 Å². The zero-order valence-electron chi connectivity index (χ0n) is 15.3. The van der Waals surface area contributed by atoms with E-state index < -0.39 is 0 Å². The quantitative estimate of drug-likeness (QED) is 0.387. The van der Waals surface area contributed by atoms with Crippen molar-refractivity contribution in [2.24, 2.45) is 4.99 Å². The molecule has 3 rings (SSSR count). The van der Waals surface area contributed by atoms with Crippen LogP contribution in [0.15, 0.2) is 23.2 Å². The number of carbonyl (C=O) groups excluding carboxylic acids is 1. The molecule has 26 heavy (non-hydrogen) atoms. The third-order valence-electron chi connectivity index (χ3n) is 4.46. The van der Waals surface area contributed by atoms with Crippen molar-refractivity contribution >= 4 is 29.3 Å². The number of benzene rings is 1. The topological polar surface area (TPSA) is 74.8 Å². The largest absolute Gasteiger partial charge is 0.492 e. The minimum Gasteiger partial charge on any atom is -0.492 e. The zero-order chi connectivity index (χ0) is 18.2. The van der Waals surface area contributed by atoms with Crippen molar-refractivity contribution in [2.45, 2.75) is 37.9 Å². The monoisotopic (exact) mass is 376 g/mol. The lowest BCUT2D eigenvalue weighted by atomic mass is 10.0. The Morgan fingerprint density at radius 2 is 2.31 bits per heavy atom. The number of aliphatic imine (C=N–C) groups is 1. The molecule has 0 aromatic heterocycles. The summed E-state index contributed by atoms with van der Waals surface area (Å²) in [5, 5.41) is 10.2. The van der Waals surface area contributed by atoms with Crippen LogP contribution in [0.2, 0.25) is 0 Å². The van der Waals surface area contributed by atoms with Crippen LogP contribution in [0.4, 0.5) is 5.69 Å². The Balaban J connectivity index is 1.43. The molecular formula is C19H28N4O2S. The van der Waals surface area contributed by atoms with Crippen LogP contribution in [0.3, 0.4) is 0 Å². The standard InChI is InChI=1S/C19H28N4O2S/c1-2-20-19(22-13-16-4-3-11-26-16)21-9-10-25-15-6-7-17-14(12-15)5-8-18(24)23-17/h6-7,12,16H,2-5,8-11,13H2,1H3,(H,23,24)(H2,20,21,22). The van der Waals surface area contributed by atoms with Gasteiger partial charge < -0.3 is 20.7 Å². The number of anilines is 1. The molecule has 1 aromatic rings. The summed E-state index contributed by atoms with van der Waals surface area (Å²) >= 11 is 2.03. The van der Waals surface area contributed by atoms with Gasteiger partial charge in [-0.05, 0) is 55.7 Å². The Kier molecular flexibility index (Phi) is 7.05. The summed E-state index contributed by atoms with van der Waals surface area (Å²) < 4.78 is 5.84. The van der Waals surface area contributed by atoms with Gasteiger partial charge in [0.05, 0.1) is 13.1 Å². The normalized spacial score (nSPS) is 19.7. The summed E-state index contributed by atoms with van der Waals surface area (Å²) in [6, 6.07) is 5.84. The molecule has 1 atom stereocenters. The van der Waals surface area contributed by atoms with E-state index in [1.807, 2.05) is 30.0 Å². The third kappa shape index (κ3) is 5.56. The van der Waals surface area contributed by atoms with E-state index in [0.717, 1.165) is 42.5 Å². The molecule has 142 valence electrons. The van der Waals surface area contributed by atoms with Gasteiger partial charge in [0.15, 0.2) is 5.96 Å². The Morgan fingerprint density at radius 1 is 1.38 bits per heavy atom. The van der Waals surface area contributed by atoms with Gasteiger partial charge in [-0.15, -0.1) is 0 Å². The molecule has 7 heteroatoms. The van der Waals surface area contributed by atoms with Gasteiger partial charge in [-0.1, -0.05) is 0 Å². The molecule has 0 saturated carbocycles. The van der Waals surface area contributed by atoms with Crippen LogP contribution < -0.4 is 20.7 Å². The number of nitrogens with zero attached hydrogens (tertiary/aromatic N) is 1. The average Bonchev–Trinajstić information content (AvgIpc) is 3.16. The fraction of sp³-hybridized carbons (Fsp3) is 0.579. The Bertz CT molecular complexity index is 644. The molecule has 2 aliphatic heterocycles. The van der Waals surface area contributed by atoms with E-state index in [4.69, 9.17) is 4.74 Å². The van der Waals surface area contributed by atoms with Crippen molar-refractivity contribution in [1.82, 2.24) is 10.6 Å². The molecule has 1 saturated heterocycles. The molecule has 3 N–H and O–H groups in total. The first-order chi connectivity index (χ1) is 12.7. The molecule has 0 bridgehead atoms. The van der Waals surface area contributed by atoms with Crippen LogP contribution in [-0.4, -0.2) is 49.1 Å². The highest BCUT2D eigenvalue weighted by Crippen LogP contribution is 2.27. The first kappa shape index (κ1) is 18.9. The van der Waals surface area contributed by atoms with Crippen molar-refractivity contribution < 1.29 is 9.53 Å². The molecule has 0 aliphatic carbocycles. The number of aryl methyl sites for hydroxylation is 1. The first-order valence-electron chi connectivity index (χ1n) is 9.44. The van der Waals surface area contributed by atoms with Gasteiger partial charge in [0.1, 0.15) is 12.4 Å². The molecule has 0 spiro atoms. The van der Waals surface area contributed by atoms with Crippen molar-refractivity contribution in [3.05, 3.63) is 23.8 Å². The fourth-order valence-electron chi connectivity index (χ4n) is 3.11. The number of carbonyl (C=O) groups is 1. The second-order valence-electron chi connectivity index (χ2n) is 6.50. The lowest BCUT2D eigenvalue weighted by Crippen LogP contribution is -2.39. The van der Waals surface area contributed by atoms with E-state index in [1.165, 1.54) is 18.6 Å². The Labute approximate surface area is 159 Å². The van der Waals surface area contributed by atoms with Gasteiger partial charge in [-0.25, -0.2) is 0 Å². The van der Waals surface area contributed by atoms with Gasteiger partial charge in [-0.2, -0.15) is 11.8 Å². The van der Waals surface area contributed by atoms with Gasteiger partial charge in [0.2, 0.25) is 5.91 Å². The number of nitrogens with one attached hydrogen (secondary N) is 3. The SMILES string of the molecule is CCNC(=NCC1CCCS1)NCCOc1ccc2c(c1)CCC(=O)N2. The van der Waals surface area contributed by atoms with Crippen molar-refractivity contribution in [1.29, 1.82) is 0 Å². The van der Waals surface area contributed by atoms with E-state index in [0.29, 0.717) is 24.8 Å². The van der Waals surface area contributed by atoms with Crippen LogP contribution >= 0.6 is 11.8 Å². The number of fused-ring (bicyclic) bond motifs is 1. The highest BCUT2D eigenvalue weighted by molar-refractivity contribution is 8.00. The minimum atomic E-state index is 0.0848. The molecular weight excluding hydrogens is 348 g/mol. The summed E-state index contributed by atoms with van der Waals surface area (Å²) in [5.74, 6) is 3.05. The Morgan fingerprint density at radius 3 is 3.12 bits per heavy atom. The predicted octanol–water partition coefficient (Wildman–Crippen LogP) is 2.40. The summed E-state index contributed by atoms with van der Waals surface area (Å²) in [6.07, 6.45) is 3.90. The molecule has 1 unspecified atom stereocenters. The lowest BCUT2D eigenvalue weighted by Gasteiger charge is -2.18. The molecule has 1 amide bonds. The highest BCUT2D eigenvalue weighted by atomic mass is 32.2. The average molecular weight is 377 g/mol. The minimum absolute atomic E-state index is 0.0848. The number of ether oxygens (including phenoxy) is 1. The second-order valence-corrected chi connectivity index (χ2v) is 7.91. The molecule has 0 radical (unpaired) electrons. The maximum Gasteiger partial charge on any atom is 0.224 e. The van der Waals surface area contributed by atoms with E-state index in [9.17, 15) is 4.79 Å². The van der Waals surface area contributed by atoms with E-state index in [1.54, 1.807) is 0 Å². The van der Waals surface area contributed by atoms with E-state index in [-0.39, 0.29) is 5.91 Å². The number of guanidine groups is 1. The smallest absolute Gasteiger partial charge is 0.224 e. The van der Waals surface area contributed by atoms with Crippen LogP contribution in [0.25, 0.3) is 0 Å². The lowest BCUT2D eigenvalue weighted by molar-refractivity contribution is -0.116. The van der Waals surface area contributed by atoms with Crippen molar-refractivity contribution in [3.8, 4) is 5.75 Å². The first-order valence-corrected chi connectivity index (χ1v) is 10.5. The molecule has 1 fully saturated rings. The molecule has 6 nitrogen and oxygen atoms in total. The predicted molar refractivity (Wildman–Crippen MR) is 108 cm³/mol. The third-order valence-corrected chi connectivity index (χ3v) is 5.84. The summed E-state index contributed by atoms with van der Waals surface area (Å²) in [6.45, 7) is 5.05. The maximum absolute atomic E-state index is 11.4. The van der Waals surface area contributed by atoms with E-state index >= 15 is 0 Å². The summed E-state index contributed by atoms with van der Waals surface area (Å²) in [7, 11) is 0. The van der Waals surface area contributed by atoms with Crippen molar-refractivity contribution in [3.63, 3.8) is 0 Å². The van der Waals surface area contributed by atoms with Crippen LogP contribution in [0.5, 0.6) is 5.75 Å². The second kappa shape index (κ2) is 9.71. The van der Waals surface area contributed by atoms with E-state index in [2.05, 4.69) is 27.9 Å². The van der Waals surface area contributed by atoms with Gasteiger partial charge in [0.25, 0.3) is 0 Å². The Hall–Kier alpha value is -1.89. The van der Waals surface area contributed by atoms with Crippen LogP contribution in [0, 0.1) is 0 Å². The van der Waals surface area contributed by atoms with Gasteiger partial charge in [0, 0.05) is 23.9 Å². The maximum atomic E-state index is 11.4. The number of rotatable bonds is 7. The van der Waals surface area contributed by atoms with Gasteiger partial charge >= 0.3 is 0 Å². The molecule has 1 aromatic carbocycles. The van der Waals surface area contributed by atoms with Crippen LogP contribution in [-0.2, 0) is 11.2 Å². The number of hydrogen-bond acceptors (Lipinski definition) is 4. The number of amides is 1. The number of hydrogen-bond donors (Lipinski definition) is 3. The highest BCUT2D eigenvalue weighted by Gasteiger charge is 2.16.